The molecule has 0 heterocycles. The minimum Gasteiger partial charge on any atom is -0.489 e. The van der Waals surface area contributed by atoms with Crippen LogP contribution >= 0.6 is 0 Å². The summed E-state index contributed by atoms with van der Waals surface area (Å²) in [4.78, 5) is 0. The van der Waals surface area contributed by atoms with Crippen LogP contribution in [-0.2, 0) is 13.0 Å². The van der Waals surface area contributed by atoms with Gasteiger partial charge in [0.15, 0.2) is 0 Å². The standard InChI is InChI=1S/C28H40O/c1-3-5-7-9-10-11-13-15-26-20-22-28(23-21-26)29-24-27-18-16-25(17-19-27)14-12-8-6-4-2/h13,15-23H,3-12,14,24H2,1-2H3. The highest BCUT2D eigenvalue weighted by atomic mass is 16.5. The van der Waals surface area contributed by atoms with Crippen molar-refractivity contribution in [3.8, 4) is 5.75 Å². The van der Waals surface area contributed by atoms with Crippen LogP contribution in [0.4, 0.5) is 0 Å². The maximum atomic E-state index is 5.96. The van der Waals surface area contributed by atoms with Crippen LogP contribution in [0.15, 0.2) is 54.6 Å². The highest BCUT2D eigenvalue weighted by molar-refractivity contribution is 5.50. The van der Waals surface area contributed by atoms with Crippen LogP contribution in [0.5, 0.6) is 5.75 Å². The van der Waals surface area contributed by atoms with Gasteiger partial charge in [-0.15, -0.1) is 0 Å². The summed E-state index contributed by atoms with van der Waals surface area (Å²) in [7, 11) is 0. The third kappa shape index (κ3) is 10.4. The average molecular weight is 393 g/mol. The van der Waals surface area contributed by atoms with Crippen LogP contribution in [0.25, 0.3) is 6.08 Å². The number of hydrogen-bond acceptors (Lipinski definition) is 1. The summed E-state index contributed by atoms with van der Waals surface area (Å²) in [6.07, 6.45) is 18.9. The molecule has 1 nitrogen and oxygen atoms in total. The predicted octanol–water partition coefficient (Wildman–Crippen LogP) is 8.76. The second kappa shape index (κ2) is 14.9. The lowest BCUT2D eigenvalue weighted by Crippen LogP contribution is -1.96. The van der Waals surface area contributed by atoms with E-state index in [-0.39, 0.29) is 0 Å². The minimum absolute atomic E-state index is 0.628. The van der Waals surface area contributed by atoms with Crippen molar-refractivity contribution in [3.63, 3.8) is 0 Å². The van der Waals surface area contributed by atoms with E-state index in [2.05, 4.69) is 74.5 Å². The molecule has 0 spiro atoms. The summed E-state index contributed by atoms with van der Waals surface area (Å²) in [6, 6.07) is 17.3. The smallest absolute Gasteiger partial charge is 0.119 e. The van der Waals surface area contributed by atoms with Crippen molar-refractivity contribution in [1.82, 2.24) is 0 Å². The first-order chi connectivity index (χ1) is 14.3. The van der Waals surface area contributed by atoms with Crippen molar-refractivity contribution in [2.24, 2.45) is 0 Å². The van der Waals surface area contributed by atoms with Crippen molar-refractivity contribution >= 4 is 6.08 Å². The predicted molar refractivity (Wildman–Crippen MR) is 127 cm³/mol. The Kier molecular flexibility index (Phi) is 12.0. The molecule has 1 heteroatoms. The maximum Gasteiger partial charge on any atom is 0.119 e. The number of benzene rings is 2. The Morgan fingerprint density at radius 1 is 0.655 bits per heavy atom. The summed E-state index contributed by atoms with van der Waals surface area (Å²) in [5.41, 5.74) is 3.92. The fourth-order valence-corrected chi connectivity index (χ4v) is 3.49. The lowest BCUT2D eigenvalue weighted by Gasteiger charge is -2.08. The van der Waals surface area contributed by atoms with Gasteiger partial charge in [0.1, 0.15) is 12.4 Å². The molecule has 0 N–H and O–H groups in total. The van der Waals surface area contributed by atoms with E-state index in [1.807, 2.05) is 0 Å². The highest BCUT2D eigenvalue weighted by Gasteiger charge is 1.98. The van der Waals surface area contributed by atoms with Crippen molar-refractivity contribution in [1.29, 1.82) is 0 Å². The van der Waals surface area contributed by atoms with Gasteiger partial charge in [-0.05, 0) is 54.5 Å². The summed E-state index contributed by atoms with van der Waals surface area (Å²) < 4.78 is 5.96. The summed E-state index contributed by atoms with van der Waals surface area (Å²) in [5, 5.41) is 0. The summed E-state index contributed by atoms with van der Waals surface area (Å²) in [6.45, 7) is 5.15. The van der Waals surface area contributed by atoms with E-state index < -0.39 is 0 Å². The fourth-order valence-electron chi connectivity index (χ4n) is 3.49. The average Bonchev–Trinajstić information content (AvgIpc) is 2.76. The molecule has 0 amide bonds. The Morgan fingerprint density at radius 3 is 1.97 bits per heavy atom. The van der Waals surface area contributed by atoms with E-state index in [1.165, 1.54) is 87.3 Å². The van der Waals surface area contributed by atoms with Gasteiger partial charge in [-0.25, -0.2) is 0 Å². The molecule has 29 heavy (non-hydrogen) atoms. The lowest BCUT2D eigenvalue weighted by atomic mass is 10.0. The maximum absolute atomic E-state index is 5.96. The van der Waals surface area contributed by atoms with Gasteiger partial charge in [0.2, 0.25) is 0 Å². The molecule has 0 atom stereocenters. The van der Waals surface area contributed by atoms with Crippen LogP contribution in [0.2, 0.25) is 0 Å². The third-order valence-electron chi connectivity index (χ3n) is 5.41. The van der Waals surface area contributed by atoms with E-state index in [0.29, 0.717) is 6.61 Å². The SMILES string of the molecule is CCCCCCCC=Cc1ccc(OCc2ccc(CCCCCC)cc2)cc1. The van der Waals surface area contributed by atoms with Crippen molar-refractivity contribution in [2.45, 2.75) is 91.1 Å². The molecule has 158 valence electrons. The van der Waals surface area contributed by atoms with Gasteiger partial charge in [0.25, 0.3) is 0 Å². The molecule has 0 bridgehead atoms. The Balaban J connectivity index is 1.67. The van der Waals surface area contributed by atoms with Gasteiger partial charge < -0.3 is 4.74 Å². The number of rotatable bonds is 15. The van der Waals surface area contributed by atoms with E-state index in [4.69, 9.17) is 4.74 Å². The van der Waals surface area contributed by atoms with Crippen LogP contribution in [-0.4, -0.2) is 0 Å². The normalized spacial score (nSPS) is 11.2. The van der Waals surface area contributed by atoms with Crippen molar-refractivity contribution in [3.05, 3.63) is 71.3 Å². The second-order valence-electron chi connectivity index (χ2n) is 8.09. The molecule has 0 aliphatic rings. The van der Waals surface area contributed by atoms with Gasteiger partial charge in [-0.3, -0.25) is 0 Å². The zero-order chi connectivity index (χ0) is 20.6. The van der Waals surface area contributed by atoms with Crippen LogP contribution in [0.1, 0.15) is 94.7 Å². The van der Waals surface area contributed by atoms with Gasteiger partial charge in [-0.1, -0.05) is 107 Å². The van der Waals surface area contributed by atoms with Gasteiger partial charge in [-0.2, -0.15) is 0 Å². The van der Waals surface area contributed by atoms with Gasteiger partial charge in [0.05, 0.1) is 0 Å². The molecular weight excluding hydrogens is 352 g/mol. The van der Waals surface area contributed by atoms with Crippen LogP contribution in [0, 0.1) is 0 Å². The second-order valence-corrected chi connectivity index (χ2v) is 8.09. The van der Waals surface area contributed by atoms with Crippen molar-refractivity contribution < 1.29 is 4.74 Å². The fraction of sp³-hybridized carbons (Fsp3) is 0.500. The Labute approximate surface area is 179 Å². The molecule has 2 aromatic rings. The lowest BCUT2D eigenvalue weighted by molar-refractivity contribution is 0.306. The first-order valence-electron chi connectivity index (χ1n) is 11.8. The first-order valence-corrected chi connectivity index (χ1v) is 11.8. The Hall–Kier alpha value is -2.02. The quantitative estimate of drug-likeness (QED) is 0.275. The topological polar surface area (TPSA) is 9.23 Å². The number of aryl methyl sites for hydroxylation is 1. The molecule has 0 aromatic heterocycles. The van der Waals surface area contributed by atoms with Crippen molar-refractivity contribution in [2.75, 3.05) is 0 Å². The van der Waals surface area contributed by atoms with Gasteiger partial charge in [0, 0.05) is 0 Å². The van der Waals surface area contributed by atoms with E-state index in [9.17, 15) is 0 Å². The molecule has 2 rings (SSSR count). The van der Waals surface area contributed by atoms with E-state index in [0.717, 1.165) is 5.75 Å². The van der Waals surface area contributed by atoms with Crippen LogP contribution in [0.3, 0.4) is 0 Å². The van der Waals surface area contributed by atoms with E-state index in [1.54, 1.807) is 0 Å². The van der Waals surface area contributed by atoms with Crippen LogP contribution < -0.4 is 4.74 Å². The molecule has 0 saturated carbocycles. The van der Waals surface area contributed by atoms with Gasteiger partial charge >= 0.3 is 0 Å². The number of ether oxygens (including phenoxy) is 1. The molecule has 0 aliphatic heterocycles. The molecule has 2 aromatic carbocycles. The molecule has 0 aliphatic carbocycles. The third-order valence-corrected chi connectivity index (χ3v) is 5.41. The number of unbranched alkanes of at least 4 members (excludes halogenated alkanes) is 8. The highest BCUT2D eigenvalue weighted by Crippen LogP contribution is 2.17. The Bertz CT molecular complexity index is 666. The first kappa shape index (κ1) is 23.3. The zero-order valence-electron chi connectivity index (χ0n) is 18.7. The molecule has 0 fully saturated rings. The zero-order valence-corrected chi connectivity index (χ0v) is 18.7. The summed E-state index contributed by atoms with van der Waals surface area (Å²) in [5.74, 6) is 0.936. The minimum atomic E-state index is 0.628. The molecule has 0 radical (unpaired) electrons. The molecule has 0 unspecified atom stereocenters. The monoisotopic (exact) mass is 392 g/mol. The van der Waals surface area contributed by atoms with E-state index >= 15 is 0 Å². The number of hydrogen-bond donors (Lipinski definition) is 0. The Morgan fingerprint density at radius 2 is 1.28 bits per heavy atom. The summed E-state index contributed by atoms with van der Waals surface area (Å²) >= 11 is 0. The molecule has 0 saturated heterocycles. The number of allylic oxidation sites excluding steroid dienone is 1. The molecular formula is C28H40O. The largest absolute Gasteiger partial charge is 0.489 e.